The summed E-state index contributed by atoms with van der Waals surface area (Å²) in [6, 6.07) is 8.58. The fraction of sp³-hybridized carbons (Fsp3) is 0.118. The summed E-state index contributed by atoms with van der Waals surface area (Å²) in [5.74, 6) is -0.541. The van der Waals surface area contributed by atoms with Gasteiger partial charge in [-0.15, -0.1) is 0 Å². The van der Waals surface area contributed by atoms with E-state index in [0.29, 0.717) is 22.5 Å². The van der Waals surface area contributed by atoms with Crippen molar-refractivity contribution in [2.24, 2.45) is 0 Å². The second-order valence-corrected chi connectivity index (χ2v) is 6.21. The van der Waals surface area contributed by atoms with Gasteiger partial charge in [0, 0.05) is 35.2 Å². The predicted molar refractivity (Wildman–Crippen MR) is 95.4 cm³/mol. The van der Waals surface area contributed by atoms with Crippen LogP contribution in [-0.4, -0.2) is 28.2 Å². The van der Waals surface area contributed by atoms with Crippen LogP contribution in [0.15, 0.2) is 47.2 Å². The molecule has 3 aromatic rings. The Morgan fingerprint density at radius 3 is 2.71 bits per heavy atom. The number of amides is 2. The lowest BCUT2D eigenvalue weighted by Gasteiger charge is -2.09. The van der Waals surface area contributed by atoms with Gasteiger partial charge in [-0.1, -0.05) is 6.07 Å². The molecule has 0 fully saturated rings. The topological polar surface area (TPSA) is 75.5 Å². The number of fused-ring (bicyclic) bond motifs is 1. The van der Waals surface area contributed by atoms with Crippen LogP contribution in [0, 0.1) is 6.92 Å². The number of benzene rings is 1. The molecule has 24 heavy (non-hydrogen) atoms. The Morgan fingerprint density at radius 1 is 1.17 bits per heavy atom. The predicted octanol–water partition coefficient (Wildman–Crippen LogP) is 3.02. The Morgan fingerprint density at radius 2 is 1.96 bits per heavy atom. The van der Waals surface area contributed by atoms with Gasteiger partial charge in [0.15, 0.2) is 5.69 Å². The summed E-state index contributed by atoms with van der Waals surface area (Å²) in [6.07, 6.45) is 3.72. The minimum Gasteiger partial charge on any atom is -0.355 e. The second-order valence-electron chi connectivity index (χ2n) is 5.30. The number of anilines is 1. The van der Waals surface area contributed by atoms with Crippen molar-refractivity contribution in [3.05, 3.63) is 64.1 Å². The van der Waals surface area contributed by atoms with Crippen LogP contribution in [-0.2, 0) is 0 Å². The summed E-state index contributed by atoms with van der Waals surface area (Å²) >= 11 is 3.41. The summed E-state index contributed by atoms with van der Waals surface area (Å²) < 4.78 is 2.72. The lowest BCUT2D eigenvalue weighted by atomic mass is 10.2. The van der Waals surface area contributed by atoms with E-state index in [1.165, 1.54) is 0 Å². The van der Waals surface area contributed by atoms with Crippen LogP contribution in [0.3, 0.4) is 0 Å². The number of aromatic nitrogens is 2. The minimum atomic E-state index is -0.330. The summed E-state index contributed by atoms with van der Waals surface area (Å²) in [4.78, 5) is 28.7. The quantitative estimate of drug-likeness (QED) is 0.726. The number of halogens is 1. The largest absolute Gasteiger partial charge is 0.355 e. The highest BCUT2D eigenvalue weighted by molar-refractivity contribution is 9.10. The van der Waals surface area contributed by atoms with Crippen molar-refractivity contribution in [2.45, 2.75) is 6.92 Å². The van der Waals surface area contributed by atoms with Crippen LogP contribution in [0.5, 0.6) is 0 Å². The van der Waals surface area contributed by atoms with Gasteiger partial charge in [-0.2, -0.15) is 0 Å². The molecule has 0 aliphatic heterocycles. The zero-order valence-electron chi connectivity index (χ0n) is 13.1. The Balaban J connectivity index is 1.95. The Labute approximate surface area is 147 Å². The molecule has 0 atom stereocenters. The molecule has 0 saturated carbocycles. The fourth-order valence-electron chi connectivity index (χ4n) is 2.45. The van der Waals surface area contributed by atoms with E-state index < -0.39 is 0 Å². The normalized spacial score (nSPS) is 10.6. The average Bonchev–Trinajstić information content (AvgIpc) is 2.93. The fourth-order valence-corrected chi connectivity index (χ4v) is 2.88. The highest BCUT2D eigenvalue weighted by Gasteiger charge is 2.15. The first-order valence-electron chi connectivity index (χ1n) is 7.26. The van der Waals surface area contributed by atoms with Crippen molar-refractivity contribution >= 4 is 38.9 Å². The maximum absolute atomic E-state index is 12.6. The zero-order chi connectivity index (χ0) is 17.3. The minimum absolute atomic E-state index is 0.210. The molecule has 2 N–H and O–H groups in total. The molecular formula is C17H15BrN4O2. The highest BCUT2D eigenvalue weighted by atomic mass is 79.9. The van der Waals surface area contributed by atoms with Crippen molar-refractivity contribution in [1.82, 2.24) is 14.7 Å². The third kappa shape index (κ3) is 3.16. The van der Waals surface area contributed by atoms with E-state index >= 15 is 0 Å². The molecule has 0 unspecified atom stereocenters. The number of carbonyl (C=O) groups excluding carboxylic acids is 2. The summed E-state index contributed by atoms with van der Waals surface area (Å²) in [5, 5.41) is 5.35. The van der Waals surface area contributed by atoms with Gasteiger partial charge in [0.25, 0.3) is 11.8 Å². The third-order valence-corrected chi connectivity index (χ3v) is 3.93. The average molecular weight is 387 g/mol. The molecule has 1 aromatic carbocycles. The number of nitrogens with zero attached hydrogens (tertiary/aromatic N) is 2. The van der Waals surface area contributed by atoms with Crippen LogP contribution in [0.2, 0.25) is 0 Å². The van der Waals surface area contributed by atoms with E-state index in [-0.39, 0.29) is 11.8 Å². The van der Waals surface area contributed by atoms with Crippen LogP contribution in [0.25, 0.3) is 5.52 Å². The van der Waals surface area contributed by atoms with E-state index in [1.807, 2.05) is 29.8 Å². The Kier molecular flexibility index (Phi) is 4.35. The van der Waals surface area contributed by atoms with Gasteiger partial charge in [-0.05, 0) is 47.1 Å². The summed E-state index contributed by atoms with van der Waals surface area (Å²) in [5.41, 5.74) is 2.77. The number of hydrogen-bond acceptors (Lipinski definition) is 3. The Hall–Kier alpha value is -2.67. The first-order valence-corrected chi connectivity index (χ1v) is 8.05. The molecule has 2 heterocycles. The molecule has 0 spiro atoms. The molecule has 6 nitrogen and oxygen atoms in total. The van der Waals surface area contributed by atoms with Gasteiger partial charge >= 0.3 is 0 Å². The number of hydrogen-bond donors (Lipinski definition) is 2. The van der Waals surface area contributed by atoms with E-state index in [1.54, 1.807) is 31.3 Å². The van der Waals surface area contributed by atoms with Crippen molar-refractivity contribution in [2.75, 3.05) is 12.4 Å². The lowest BCUT2D eigenvalue weighted by molar-refractivity contribution is 0.0961. The van der Waals surface area contributed by atoms with Crippen LogP contribution in [0.4, 0.5) is 5.69 Å². The van der Waals surface area contributed by atoms with E-state index in [4.69, 9.17) is 0 Å². The maximum atomic E-state index is 12.6. The first-order chi connectivity index (χ1) is 11.5. The van der Waals surface area contributed by atoms with E-state index in [2.05, 4.69) is 31.5 Å². The molecule has 2 amide bonds. The molecule has 122 valence electrons. The number of rotatable bonds is 3. The van der Waals surface area contributed by atoms with Gasteiger partial charge < -0.3 is 15.0 Å². The number of carbonyl (C=O) groups is 2. The molecule has 3 rings (SSSR count). The van der Waals surface area contributed by atoms with E-state index in [0.717, 1.165) is 10.2 Å². The molecule has 0 saturated heterocycles. The van der Waals surface area contributed by atoms with Crippen LogP contribution < -0.4 is 10.6 Å². The molecule has 0 radical (unpaired) electrons. The van der Waals surface area contributed by atoms with Gasteiger partial charge in [0.2, 0.25) is 0 Å². The summed E-state index contributed by atoms with van der Waals surface area (Å²) in [7, 11) is 1.56. The third-order valence-electron chi connectivity index (χ3n) is 3.50. The number of aryl methyl sites for hydroxylation is 1. The van der Waals surface area contributed by atoms with Gasteiger partial charge in [-0.3, -0.25) is 9.59 Å². The maximum Gasteiger partial charge on any atom is 0.276 e. The SMILES string of the molecule is CNC(=O)c1cccc(NC(=O)c2nc(C)cn3cc(Br)cc23)c1. The van der Waals surface area contributed by atoms with Crippen LogP contribution in [0.1, 0.15) is 26.5 Å². The van der Waals surface area contributed by atoms with Crippen molar-refractivity contribution in [3.63, 3.8) is 0 Å². The summed E-state index contributed by atoms with van der Waals surface area (Å²) in [6.45, 7) is 1.83. The molecule has 7 heteroatoms. The lowest BCUT2D eigenvalue weighted by Crippen LogP contribution is -2.19. The smallest absolute Gasteiger partial charge is 0.276 e. The highest BCUT2D eigenvalue weighted by Crippen LogP contribution is 2.20. The van der Waals surface area contributed by atoms with Gasteiger partial charge in [0.1, 0.15) is 0 Å². The molecule has 2 aromatic heterocycles. The molecule has 0 aliphatic carbocycles. The van der Waals surface area contributed by atoms with Crippen molar-refractivity contribution in [3.8, 4) is 0 Å². The molecular weight excluding hydrogens is 372 g/mol. The Bertz CT molecular complexity index is 949. The first kappa shape index (κ1) is 16.2. The monoisotopic (exact) mass is 386 g/mol. The zero-order valence-corrected chi connectivity index (χ0v) is 14.7. The van der Waals surface area contributed by atoms with Gasteiger partial charge in [-0.25, -0.2) is 4.98 Å². The van der Waals surface area contributed by atoms with E-state index in [9.17, 15) is 9.59 Å². The molecule has 0 bridgehead atoms. The number of nitrogens with one attached hydrogen (secondary N) is 2. The van der Waals surface area contributed by atoms with Crippen LogP contribution >= 0.6 is 15.9 Å². The van der Waals surface area contributed by atoms with Gasteiger partial charge in [0.05, 0.1) is 11.2 Å². The standard InChI is InChI=1S/C17H15BrN4O2/c1-10-8-22-9-12(18)7-14(22)15(20-10)17(24)21-13-5-3-4-11(6-13)16(23)19-2/h3-9H,1-2H3,(H,19,23)(H,21,24). The second kappa shape index (κ2) is 6.45. The van der Waals surface area contributed by atoms with Crippen molar-refractivity contribution in [1.29, 1.82) is 0 Å². The molecule has 0 aliphatic rings. The van der Waals surface area contributed by atoms with Crippen molar-refractivity contribution < 1.29 is 9.59 Å².